The number of benzene rings is 1. The van der Waals surface area contributed by atoms with Crippen LogP contribution >= 0.6 is 23.7 Å². The van der Waals surface area contributed by atoms with E-state index in [0.717, 1.165) is 43.0 Å². The number of aromatic nitrogens is 2. The lowest BCUT2D eigenvalue weighted by atomic mass is 10.1. The van der Waals surface area contributed by atoms with Crippen molar-refractivity contribution in [2.75, 3.05) is 44.3 Å². The number of nitrogens with one attached hydrogen (secondary N) is 1. The van der Waals surface area contributed by atoms with Gasteiger partial charge in [0.1, 0.15) is 33.3 Å². The first-order valence-electron chi connectivity index (χ1n) is 12.4. The van der Waals surface area contributed by atoms with Crippen LogP contribution in [0.4, 0.5) is 19.7 Å². The fraction of sp³-hybridized carbons (Fsp3) is 0.400. The van der Waals surface area contributed by atoms with Gasteiger partial charge >= 0.3 is 0 Å². The van der Waals surface area contributed by atoms with Crippen LogP contribution in [-0.2, 0) is 10.0 Å². The Bertz CT molecular complexity index is 1450. The second kappa shape index (κ2) is 12.3. The summed E-state index contributed by atoms with van der Waals surface area (Å²) in [5.41, 5.74) is 5.20. The lowest BCUT2D eigenvalue weighted by molar-refractivity contribution is 0.103. The number of rotatable bonds is 8. The number of anilines is 2. The standard InChI is InChI=1S/C25H28F2N6O4S2.ClH/c1-32-10-9-16(14-32)37-20-6-5-17(13-29-20)39(35,36)33-11-7-15(8-12-33)30-25-31-24(28)23(38-25)22(34)21-18(26)3-2-4-19(21)27;/h2-6,13,15-16H,7-12,14,28H2,1H3,(H,30,31);1H. The zero-order valence-electron chi connectivity index (χ0n) is 21.5. The van der Waals surface area contributed by atoms with E-state index in [1.807, 2.05) is 7.05 Å². The summed E-state index contributed by atoms with van der Waals surface area (Å²) in [4.78, 5) is 23.3. The number of sulfonamides is 1. The summed E-state index contributed by atoms with van der Waals surface area (Å²) in [5, 5.41) is 3.49. The van der Waals surface area contributed by atoms with Gasteiger partial charge in [0.2, 0.25) is 21.7 Å². The van der Waals surface area contributed by atoms with E-state index in [1.54, 1.807) is 6.07 Å². The molecule has 3 aromatic rings. The van der Waals surface area contributed by atoms with E-state index in [1.165, 1.54) is 22.6 Å². The molecule has 15 heteroatoms. The van der Waals surface area contributed by atoms with Crippen LogP contribution in [-0.4, -0.2) is 78.7 Å². The quantitative estimate of drug-likeness (QED) is 0.367. The van der Waals surface area contributed by atoms with Gasteiger partial charge in [-0.15, -0.1) is 12.4 Å². The van der Waals surface area contributed by atoms with Crippen molar-refractivity contribution in [3.05, 3.63) is 58.6 Å². The van der Waals surface area contributed by atoms with Gasteiger partial charge in [0, 0.05) is 38.3 Å². The van der Waals surface area contributed by atoms with E-state index in [0.29, 0.717) is 23.9 Å². The molecule has 2 saturated heterocycles. The van der Waals surface area contributed by atoms with Crippen molar-refractivity contribution in [1.82, 2.24) is 19.2 Å². The van der Waals surface area contributed by atoms with Gasteiger partial charge in [-0.1, -0.05) is 17.4 Å². The molecule has 4 heterocycles. The molecule has 216 valence electrons. The fourth-order valence-electron chi connectivity index (χ4n) is 4.70. The smallest absolute Gasteiger partial charge is 0.244 e. The molecule has 5 rings (SSSR count). The van der Waals surface area contributed by atoms with E-state index in [9.17, 15) is 22.0 Å². The number of halogens is 3. The molecule has 1 aromatic carbocycles. The molecule has 2 fully saturated rings. The number of piperidine rings is 1. The topological polar surface area (TPSA) is 131 Å². The Labute approximate surface area is 241 Å². The Morgan fingerprint density at radius 3 is 2.42 bits per heavy atom. The molecular formula is C25H29ClF2N6O4S2. The summed E-state index contributed by atoms with van der Waals surface area (Å²) in [7, 11) is -1.71. The minimum Gasteiger partial charge on any atom is -0.473 e. The van der Waals surface area contributed by atoms with Gasteiger partial charge in [-0.2, -0.15) is 4.31 Å². The van der Waals surface area contributed by atoms with Gasteiger partial charge in [-0.05, 0) is 44.5 Å². The molecule has 2 aliphatic heterocycles. The molecular weight excluding hydrogens is 586 g/mol. The van der Waals surface area contributed by atoms with Gasteiger partial charge in [0.15, 0.2) is 5.13 Å². The number of ether oxygens (including phenoxy) is 1. The zero-order valence-corrected chi connectivity index (χ0v) is 24.0. The fourth-order valence-corrected chi connectivity index (χ4v) is 7.02. The van der Waals surface area contributed by atoms with Crippen molar-refractivity contribution in [2.24, 2.45) is 0 Å². The highest BCUT2D eigenvalue weighted by Crippen LogP contribution is 2.31. The SMILES string of the molecule is CN1CCC(Oc2ccc(S(=O)(=O)N3CCC(Nc4nc(N)c(C(=O)c5c(F)cccc5F)s4)CC3)cn2)C1.Cl. The molecule has 0 saturated carbocycles. The van der Waals surface area contributed by atoms with Crippen LogP contribution < -0.4 is 15.8 Å². The highest BCUT2D eigenvalue weighted by Gasteiger charge is 2.31. The number of hydrogen-bond donors (Lipinski definition) is 2. The average molecular weight is 615 g/mol. The predicted octanol–water partition coefficient (Wildman–Crippen LogP) is 3.40. The Morgan fingerprint density at radius 1 is 1.12 bits per heavy atom. The number of likely N-dealkylation sites (N-methyl/N-ethyl adjacent to an activating group) is 1. The van der Waals surface area contributed by atoms with Crippen LogP contribution in [0.15, 0.2) is 41.4 Å². The lowest BCUT2D eigenvalue weighted by Gasteiger charge is -2.31. The number of carbonyl (C=O) groups excluding carboxylic acids is 1. The van der Waals surface area contributed by atoms with Crippen molar-refractivity contribution in [3.8, 4) is 5.88 Å². The molecule has 0 bridgehead atoms. The van der Waals surface area contributed by atoms with E-state index < -0.39 is 33.0 Å². The summed E-state index contributed by atoms with van der Waals surface area (Å²) in [5.74, 6) is -2.56. The average Bonchev–Trinajstić information content (AvgIpc) is 3.48. The molecule has 0 aliphatic carbocycles. The Kier molecular flexibility index (Phi) is 9.25. The molecule has 0 spiro atoms. The van der Waals surface area contributed by atoms with Crippen molar-refractivity contribution in [3.63, 3.8) is 0 Å². The van der Waals surface area contributed by atoms with Gasteiger partial charge in [0.05, 0.1) is 11.8 Å². The zero-order chi connectivity index (χ0) is 27.7. The van der Waals surface area contributed by atoms with E-state index in [-0.39, 0.29) is 53.2 Å². The number of carbonyl (C=O) groups is 1. The molecule has 3 N–H and O–H groups in total. The number of pyridine rings is 1. The molecule has 2 aliphatic rings. The van der Waals surface area contributed by atoms with Crippen LogP contribution in [0.2, 0.25) is 0 Å². The van der Waals surface area contributed by atoms with Crippen molar-refractivity contribution >= 4 is 50.5 Å². The highest BCUT2D eigenvalue weighted by molar-refractivity contribution is 7.89. The molecule has 2 aromatic heterocycles. The first-order chi connectivity index (χ1) is 18.6. The van der Waals surface area contributed by atoms with E-state index >= 15 is 0 Å². The largest absolute Gasteiger partial charge is 0.473 e. The summed E-state index contributed by atoms with van der Waals surface area (Å²) in [6, 6.07) is 6.14. The molecule has 0 radical (unpaired) electrons. The number of likely N-dealkylation sites (tertiary alicyclic amines) is 1. The van der Waals surface area contributed by atoms with Crippen molar-refractivity contribution < 1.29 is 26.7 Å². The maximum Gasteiger partial charge on any atom is 0.244 e. The third kappa shape index (κ3) is 6.36. The summed E-state index contributed by atoms with van der Waals surface area (Å²) in [6.45, 7) is 2.28. The van der Waals surface area contributed by atoms with E-state index in [4.69, 9.17) is 10.5 Å². The van der Waals surface area contributed by atoms with E-state index in [2.05, 4.69) is 20.2 Å². The normalized spacial score (nSPS) is 18.8. The van der Waals surface area contributed by atoms with Gasteiger partial charge in [0.25, 0.3) is 0 Å². The Hall–Kier alpha value is -2.91. The van der Waals surface area contributed by atoms with Gasteiger partial charge in [-0.3, -0.25) is 4.79 Å². The summed E-state index contributed by atoms with van der Waals surface area (Å²) < 4.78 is 61.7. The van der Waals surface area contributed by atoms with Crippen LogP contribution in [0.25, 0.3) is 0 Å². The molecule has 10 nitrogen and oxygen atoms in total. The van der Waals surface area contributed by atoms with Crippen LogP contribution in [0.3, 0.4) is 0 Å². The predicted molar refractivity (Wildman–Crippen MR) is 150 cm³/mol. The second-order valence-electron chi connectivity index (χ2n) is 9.60. The molecule has 40 heavy (non-hydrogen) atoms. The Morgan fingerprint density at radius 2 is 1.82 bits per heavy atom. The van der Waals surface area contributed by atoms with Crippen LogP contribution in [0, 0.1) is 11.6 Å². The Balaban J connectivity index is 0.00000370. The third-order valence-corrected chi connectivity index (χ3v) is 9.70. The minimum atomic E-state index is -3.73. The first kappa shape index (κ1) is 30.1. The van der Waals surface area contributed by atoms with Crippen LogP contribution in [0.1, 0.15) is 34.5 Å². The number of nitrogens with zero attached hydrogens (tertiary/aromatic N) is 4. The first-order valence-corrected chi connectivity index (χ1v) is 14.7. The second-order valence-corrected chi connectivity index (χ2v) is 12.5. The van der Waals surface area contributed by atoms with Gasteiger partial charge < -0.3 is 20.7 Å². The number of ketones is 1. The summed E-state index contributed by atoms with van der Waals surface area (Å²) in [6.07, 6.45) is 3.22. The van der Waals surface area contributed by atoms with Gasteiger partial charge in [-0.25, -0.2) is 27.2 Å². The monoisotopic (exact) mass is 614 g/mol. The van der Waals surface area contributed by atoms with Crippen LogP contribution in [0.5, 0.6) is 5.88 Å². The number of nitrogens with two attached hydrogens (primary N) is 1. The minimum absolute atomic E-state index is 0. The number of thiazole rings is 1. The third-order valence-electron chi connectivity index (χ3n) is 6.81. The maximum atomic E-state index is 14.1. The summed E-state index contributed by atoms with van der Waals surface area (Å²) >= 11 is 0.905. The molecule has 1 unspecified atom stereocenters. The highest BCUT2D eigenvalue weighted by atomic mass is 35.5. The lowest BCUT2D eigenvalue weighted by Crippen LogP contribution is -2.42. The molecule has 1 atom stereocenters. The van der Waals surface area contributed by atoms with Crippen molar-refractivity contribution in [1.29, 1.82) is 0 Å². The maximum absolute atomic E-state index is 14.1. The number of hydrogen-bond acceptors (Lipinski definition) is 10. The number of nitrogen functional groups attached to an aromatic ring is 1. The molecule has 0 amide bonds. The van der Waals surface area contributed by atoms with Crippen molar-refractivity contribution in [2.45, 2.75) is 36.3 Å².